The third kappa shape index (κ3) is 3.44. The maximum atomic E-state index is 5.88. The van der Waals surface area contributed by atoms with Crippen LogP contribution in [0.1, 0.15) is 25.7 Å². The Labute approximate surface area is 120 Å². The van der Waals surface area contributed by atoms with E-state index in [1.807, 2.05) is 30.3 Å². The van der Waals surface area contributed by atoms with Crippen molar-refractivity contribution in [2.75, 3.05) is 13.2 Å². The lowest BCUT2D eigenvalue weighted by Gasteiger charge is -2.16. The minimum atomic E-state index is -0.0833. The molecular weight excluding hydrogens is 250 g/mol. The molecule has 2 N–H and O–H groups in total. The molecule has 1 unspecified atom stereocenters. The van der Waals surface area contributed by atoms with Crippen molar-refractivity contribution in [1.29, 1.82) is 0 Å². The number of nitrogens with two attached hydrogens (primary N) is 1. The lowest BCUT2D eigenvalue weighted by atomic mass is 10.1. The summed E-state index contributed by atoms with van der Waals surface area (Å²) in [6.45, 7) is 1.28. The largest absolute Gasteiger partial charge is 0.493 e. The highest BCUT2D eigenvalue weighted by molar-refractivity contribution is 5.38. The standard InChI is InChI=1S/C17H21NO2/c18-11-17(14-8-9-14)20-16-7-3-6-15(10-16)19-12-13-4-1-2-5-13/h3,6-8,10,13,17H,1-2,4-5,11-12,18H2. The van der Waals surface area contributed by atoms with Gasteiger partial charge in [-0.1, -0.05) is 18.9 Å². The zero-order chi connectivity index (χ0) is 13.8. The van der Waals surface area contributed by atoms with Crippen LogP contribution in [0.4, 0.5) is 0 Å². The number of rotatable bonds is 7. The van der Waals surface area contributed by atoms with E-state index in [-0.39, 0.29) is 6.10 Å². The summed E-state index contributed by atoms with van der Waals surface area (Å²) in [6, 6.07) is 7.82. The van der Waals surface area contributed by atoms with Gasteiger partial charge in [0, 0.05) is 18.2 Å². The maximum Gasteiger partial charge on any atom is 0.144 e. The first kappa shape index (κ1) is 13.3. The highest BCUT2D eigenvalue weighted by atomic mass is 16.5. The van der Waals surface area contributed by atoms with Gasteiger partial charge >= 0.3 is 0 Å². The molecule has 106 valence electrons. The molecule has 0 spiro atoms. The summed E-state index contributed by atoms with van der Waals surface area (Å²) in [4.78, 5) is 0. The van der Waals surface area contributed by atoms with Gasteiger partial charge in [-0.2, -0.15) is 0 Å². The van der Waals surface area contributed by atoms with E-state index in [1.165, 1.54) is 25.7 Å². The molecule has 2 aliphatic carbocycles. The van der Waals surface area contributed by atoms with Gasteiger partial charge in [0.1, 0.15) is 17.6 Å². The van der Waals surface area contributed by atoms with E-state index in [9.17, 15) is 0 Å². The predicted molar refractivity (Wildman–Crippen MR) is 79.0 cm³/mol. The van der Waals surface area contributed by atoms with Gasteiger partial charge in [0.05, 0.1) is 6.61 Å². The first-order valence-corrected chi connectivity index (χ1v) is 7.41. The molecule has 1 aromatic carbocycles. The first-order valence-electron chi connectivity index (χ1n) is 7.41. The minimum Gasteiger partial charge on any atom is -0.493 e. The third-order valence-corrected chi connectivity index (χ3v) is 3.92. The van der Waals surface area contributed by atoms with E-state index in [0.717, 1.165) is 29.6 Å². The van der Waals surface area contributed by atoms with Gasteiger partial charge in [0.2, 0.25) is 0 Å². The molecule has 3 heteroatoms. The molecule has 2 aliphatic rings. The Morgan fingerprint density at radius 2 is 2.00 bits per heavy atom. The molecule has 0 aliphatic heterocycles. The van der Waals surface area contributed by atoms with E-state index >= 15 is 0 Å². The molecule has 0 bridgehead atoms. The Morgan fingerprint density at radius 3 is 2.70 bits per heavy atom. The summed E-state index contributed by atoms with van der Waals surface area (Å²) in [5, 5.41) is 0. The fourth-order valence-corrected chi connectivity index (χ4v) is 2.66. The number of benzene rings is 1. The van der Waals surface area contributed by atoms with Gasteiger partial charge in [-0.25, -0.2) is 0 Å². The van der Waals surface area contributed by atoms with Gasteiger partial charge in [0.15, 0.2) is 0 Å². The topological polar surface area (TPSA) is 44.5 Å². The van der Waals surface area contributed by atoms with Crippen LogP contribution in [-0.4, -0.2) is 19.3 Å². The Bertz CT molecular complexity index is 526. The molecule has 0 aromatic heterocycles. The fraction of sp³-hybridized carbons (Fsp3) is 0.471. The summed E-state index contributed by atoms with van der Waals surface area (Å²) in [5.74, 6) is 2.40. The molecular formula is C17H21NO2. The number of ether oxygens (including phenoxy) is 2. The van der Waals surface area contributed by atoms with Gasteiger partial charge < -0.3 is 15.2 Å². The molecule has 0 amide bonds. The molecule has 3 nitrogen and oxygen atoms in total. The van der Waals surface area contributed by atoms with Gasteiger partial charge in [-0.15, -0.1) is 5.73 Å². The lowest BCUT2D eigenvalue weighted by Crippen LogP contribution is -2.26. The van der Waals surface area contributed by atoms with Crippen molar-refractivity contribution in [3.63, 3.8) is 0 Å². The zero-order valence-electron chi connectivity index (χ0n) is 11.7. The Hall–Kier alpha value is -1.70. The highest BCUT2D eigenvalue weighted by Crippen LogP contribution is 2.27. The molecule has 3 rings (SSSR count). The second-order valence-corrected chi connectivity index (χ2v) is 5.52. The summed E-state index contributed by atoms with van der Waals surface area (Å²) in [7, 11) is 0. The average molecular weight is 271 g/mol. The summed E-state index contributed by atoms with van der Waals surface area (Å²) in [6.07, 6.45) is 7.11. The molecule has 1 atom stereocenters. The second-order valence-electron chi connectivity index (χ2n) is 5.52. The summed E-state index contributed by atoms with van der Waals surface area (Å²) < 4.78 is 11.7. The first-order chi connectivity index (χ1) is 9.85. The van der Waals surface area contributed by atoms with Crippen molar-refractivity contribution in [2.45, 2.75) is 31.8 Å². The van der Waals surface area contributed by atoms with Gasteiger partial charge in [-0.05, 0) is 37.0 Å². The molecule has 20 heavy (non-hydrogen) atoms. The van der Waals surface area contributed by atoms with Crippen LogP contribution in [-0.2, 0) is 0 Å². The van der Waals surface area contributed by atoms with E-state index < -0.39 is 0 Å². The monoisotopic (exact) mass is 271 g/mol. The molecule has 1 fully saturated rings. The van der Waals surface area contributed by atoms with Crippen molar-refractivity contribution < 1.29 is 9.47 Å². The van der Waals surface area contributed by atoms with E-state index in [4.69, 9.17) is 15.2 Å². The van der Waals surface area contributed by atoms with E-state index in [2.05, 4.69) is 5.73 Å². The second kappa shape index (κ2) is 6.17. The van der Waals surface area contributed by atoms with Crippen LogP contribution >= 0.6 is 0 Å². The van der Waals surface area contributed by atoms with E-state index in [0.29, 0.717) is 6.54 Å². The van der Waals surface area contributed by atoms with Crippen LogP contribution in [0.3, 0.4) is 0 Å². The average Bonchev–Trinajstić information content (AvgIpc) is 3.19. The molecule has 1 aromatic rings. The summed E-state index contributed by atoms with van der Waals surface area (Å²) >= 11 is 0. The third-order valence-electron chi connectivity index (χ3n) is 3.92. The van der Waals surface area contributed by atoms with Crippen molar-refractivity contribution in [3.05, 3.63) is 41.6 Å². The normalized spacial score (nSPS) is 18.8. The van der Waals surface area contributed by atoms with Crippen molar-refractivity contribution >= 4 is 0 Å². The van der Waals surface area contributed by atoms with Crippen LogP contribution in [0.5, 0.6) is 11.5 Å². The molecule has 0 saturated heterocycles. The van der Waals surface area contributed by atoms with Crippen molar-refractivity contribution in [3.8, 4) is 11.5 Å². The van der Waals surface area contributed by atoms with Gasteiger partial charge in [0.25, 0.3) is 0 Å². The SMILES string of the molecule is NCC(Oc1cccc(OCC2CCCC2)c1)C1=C=C1. The maximum absolute atomic E-state index is 5.88. The lowest BCUT2D eigenvalue weighted by molar-refractivity contribution is 0.239. The molecule has 1 saturated carbocycles. The van der Waals surface area contributed by atoms with Crippen LogP contribution in [0.2, 0.25) is 0 Å². The van der Waals surface area contributed by atoms with Crippen LogP contribution in [0, 0.1) is 5.92 Å². The van der Waals surface area contributed by atoms with Crippen LogP contribution in [0.25, 0.3) is 0 Å². The minimum absolute atomic E-state index is 0.0833. The smallest absolute Gasteiger partial charge is 0.144 e. The molecule has 0 heterocycles. The van der Waals surface area contributed by atoms with Crippen LogP contribution < -0.4 is 15.2 Å². The van der Waals surface area contributed by atoms with E-state index in [1.54, 1.807) is 0 Å². The molecule has 0 radical (unpaired) electrons. The highest BCUT2D eigenvalue weighted by Gasteiger charge is 2.18. The quantitative estimate of drug-likeness (QED) is 0.775. The fourth-order valence-electron chi connectivity index (χ4n) is 2.66. The number of hydrogen-bond acceptors (Lipinski definition) is 3. The van der Waals surface area contributed by atoms with Crippen molar-refractivity contribution in [1.82, 2.24) is 0 Å². The Kier molecular flexibility index (Phi) is 4.10. The number of hydrogen-bond donors (Lipinski definition) is 1. The van der Waals surface area contributed by atoms with Gasteiger partial charge in [-0.3, -0.25) is 0 Å². The Balaban J connectivity index is 1.55. The Morgan fingerprint density at radius 1 is 1.25 bits per heavy atom. The zero-order valence-corrected chi connectivity index (χ0v) is 11.7. The van der Waals surface area contributed by atoms with Crippen molar-refractivity contribution in [2.24, 2.45) is 11.7 Å². The van der Waals surface area contributed by atoms with Crippen LogP contribution in [0.15, 0.2) is 41.6 Å². The summed E-state index contributed by atoms with van der Waals surface area (Å²) in [5.41, 5.74) is 9.80. The predicted octanol–water partition coefficient (Wildman–Crippen LogP) is 3.06.